The molecule has 1 unspecified atom stereocenters. The van der Waals surface area contributed by atoms with Crippen LogP contribution in [-0.4, -0.2) is 36.6 Å². The zero-order valence-electron chi connectivity index (χ0n) is 13.1. The van der Waals surface area contributed by atoms with Gasteiger partial charge in [-0.2, -0.15) is 0 Å². The summed E-state index contributed by atoms with van der Waals surface area (Å²) in [4.78, 5) is 14.0. The minimum absolute atomic E-state index is 0. The van der Waals surface area contributed by atoms with Gasteiger partial charge in [-0.05, 0) is 25.0 Å². The summed E-state index contributed by atoms with van der Waals surface area (Å²) in [6.45, 7) is -0.0127. The van der Waals surface area contributed by atoms with Crippen LogP contribution >= 0.6 is 12.4 Å². The largest absolute Gasteiger partial charge is 0.383 e. The lowest BCUT2D eigenvalue weighted by atomic mass is 10.1. The van der Waals surface area contributed by atoms with Crippen molar-refractivity contribution in [3.63, 3.8) is 0 Å². The number of benzene rings is 1. The zero-order valence-corrected chi connectivity index (χ0v) is 14.0. The summed E-state index contributed by atoms with van der Waals surface area (Å²) < 4.78 is 32.7. The maximum Gasteiger partial charge on any atom is 0.242 e. The normalized spacial score (nSPS) is 16.0. The number of rotatable bonds is 6. The predicted octanol–water partition coefficient (Wildman–Crippen LogP) is 2.63. The van der Waals surface area contributed by atoms with E-state index in [0.29, 0.717) is 0 Å². The smallest absolute Gasteiger partial charge is 0.242 e. The van der Waals surface area contributed by atoms with Crippen molar-refractivity contribution < 1.29 is 18.3 Å². The van der Waals surface area contributed by atoms with E-state index in [-0.39, 0.29) is 43.1 Å². The summed E-state index contributed by atoms with van der Waals surface area (Å²) in [5.41, 5.74) is 5.73. The molecule has 130 valence electrons. The zero-order chi connectivity index (χ0) is 16.1. The summed E-state index contributed by atoms with van der Waals surface area (Å²) in [5, 5.41) is 0. The van der Waals surface area contributed by atoms with Crippen LogP contribution in [0.4, 0.5) is 8.78 Å². The molecule has 1 amide bonds. The highest BCUT2D eigenvalue weighted by Gasteiger charge is 2.31. The number of hydrogen-bond donors (Lipinski definition) is 1. The first-order chi connectivity index (χ1) is 10.5. The second kappa shape index (κ2) is 9.15. The topological polar surface area (TPSA) is 55.6 Å². The van der Waals surface area contributed by atoms with Gasteiger partial charge in [0.15, 0.2) is 0 Å². The van der Waals surface area contributed by atoms with Crippen LogP contribution in [0, 0.1) is 11.6 Å². The third kappa shape index (κ3) is 4.86. The Labute approximate surface area is 141 Å². The number of hydrogen-bond acceptors (Lipinski definition) is 3. The highest BCUT2D eigenvalue weighted by atomic mass is 35.5. The summed E-state index contributed by atoms with van der Waals surface area (Å²) in [5.74, 6) is -1.61. The Morgan fingerprint density at radius 1 is 1.35 bits per heavy atom. The van der Waals surface area contributed by atoms with Crippen LogP contribution in [0.1, 0.15) is 31.2 Å². The van der Waals surface area contributed by atoms with E-state index in [2.05, 4.69) is 0 Å². The number of carbonyl (C=O) groups excluding carboxylic acids is 1. The Morgan fingerprint density at radius 2 is 1.91 bits per heavy atom. The lowest BCUT2D eigenvalue weighted by Gasteiger charge is -2.31. The van der Waals surface area contributed by atoms with Gasteiger partial charge in [0.2, 0.25) is 5.91 Å². The van der Waals surface area contributed by atoms with E-state index in [1.807, 2.05) is 0 Å². The van der Waals surface area contributed by atoms with Gasteiger partial charge in [0, 0.05) is 18.7 Å². The lowest BCUT2D eigenvalue weighted by Crippen LogP contribution is -2.49. The van der Waals surface area contributed by atoms with Crippen LogP contribution in [0.15, 0.2) is 18.2 Å². The predicted molar refractivity (Wildman–Crippen MR) is 86.3 cm³/mol. The molecule has 0 radical (unpaired) electrons. The first-order valence-corrected chi connectivity index (χ1v) is 7.52. The average Bonchev–Trinajstić information content (AvgIpc) is 3.00. The van der Waals surface area contributed by atoms with E-state index in [4.69, 9.17) is 10.5 Å². The van der Waals surface area contributed by atoms with Crippen molar-refractivity contribution in [1.82, 2.24) is 4.90 Å². The molecule has 0 aliphatic heterocycles. The molecule has 0 heterocycles. The number of nitrogens with two attached hydrogens (primary N) is 1. The molecule has 1 aliphatic rings. The van der Waals surface area contributed by atoms with Gasteiger partial charge in [0.05, 0.1) is 13.2 Å². The van der Waals surface area contributed by atoms with E-state index in [9.17, 15) is 13.6 Å². The molecule has 4 nitrogen and oxygen atoms in total. The standard InChI is InChI=1S/C16H22F2N2O2.ClH/c1-22-10-15(19)16(21)20(11-5-2-3-6-11)9-12-13(17)7-4-8-14(12)18;/h4,7-8,11,15H,2-3,5-6,9-10,19H2,1H3;1H. The van der Waals surface area contributed by atoms with E-state index < -0.39 is 17.7 Å². The fraction of sp³-hybridized carbons (Fsp3) is 0.562. The highest BCUT2D eigenvalue weighted by molar-refractivity contribution is 5.85. The van der Waals surface area contributed by atoms with Gasteiger partial charge in [-0.25, -0.2) is 8.78 Å². The molecule has 0 saturated heterocycles. The maximum atomic E-state index is 13.9. The summed E-state index contributed by atoms with van der Waals surface area (Å²) in [6, 6.07) is 2.87. The summed E-state index contributed by atoms with van der Waals surface area (Å²) in [7, 11) is 1.46. The second-order valence-electron chi connectivity index (χ2n) is 5.67. The molecule has 0 aromatic heterocycles. The van der Waals surface area contributed by atoms with Crippen molar-refractivity contribution in [2.24, 2.45) is 5.73 Å². The Morgan fingerprint density at radius 3 is 2.43 bits per heavy atom. The third-order valence-electron chi connectivity index (χ3n) is 4.10. The van der Waals surface area contributed by atoms with Gasteiger partial charge >= 0.3 is 0 Å². The monoisotopic (exact) mass is 348 g/mol. The minimum Gasteiger partial charge on any atom is -0.383 e. The number of carbonyl (C=O) groups is 1. The molecule has 23 heavy (non-hydrogen) atoms. The Hall–Kier alpha value is -1.24. The van der Waals surface area contributed by atoms with Gasteiger partial charge < -0.3 is 15.4 Å². The van der Waals surface area contributed by atoms with Gasteiger partial charge in [-0.15, -0.1) is 12.4 Å². The Bertz CT molecular complexity index is 505. The van der Waals surface area contributed by atoms with Crippen molar-refractivity contribution >= 4 is 18.3 Å². The van der Waals surface area contributed by atoms with Crippen molar-refractivity contribution in [2.45, 2.75) is 44.3 Å². The molecule has 0 spiro atoms. The molecule has 2 N–H and O–H groups in total. The van der Waals surface area contributed by atoms with Crippen molar-refractivity contribution in [3.05, 3.63) is 35.4 Å². The number of methoxy groups -OCH3 is 1. The number of halogens is 3. The first-order valence-electron chi connectivity index (χ1n) is 7.52. The van der Waals surface area contributed by atoms with Crippen molar-refractivity contribution in [3.8, 4) is 0 Å². The molecule has 1 aliphatic carbocycles. The maximum absolute atomic E-state index is 13.9. The molecule has 7 heteroatoms. The van der Waals surface area contributed by atoms with Crippen molar-refractivity contribution in [2.75, 3.05) is 13.7 Å². The van der Waals surface area contributed by atoms with Crippen LogP contribution in [0.5, 0.6) is 0 Å². The van der Waals surface area contributed by atoms with E-state index in [1.165, 1.54) is 30.2 Å². The van der Waals surface area contributed by atoms with E-state index >= 15 is 0 Å². The molecule has 0 bridgehead atoms. The molecular weight excluding hydrogens is 326 g/mol. The fourth-order valence-electron chi connectivity index (χ4n) is 2.92. The Balaban J connectivity index is 0.00000264. The van der Waals surface area contributed by atoms with Gasteiger partial charge in [0.25, 0.3) is 0 Å². The minimum atomic E-state index is -0.819. The fourth-order valence-corrected chi connectivity index (χ4v) is 2.92. The SMILES string of the molecule is COCC(N)C(=O)N(Cc1c(F)cccc1F)C1CCCC1.Cl. The first kappa shape index (κ1) is 19.8. The van der Waals surface area contributed by atoms with Gasteiger partial charge in [0.1, 0.15) is 17.7 Å². The molecule has 1 fully saturated rings. The van der Waals surface area contributed by atoms with E-state index in [0.717, 1.165) is 25.7 Å². The second-order valence-corrected chi connectivity index (χ2v) is 5.67. The number of amides is 1. The lowest BCUT2D eigenvalue weighted by molar-refractivity contribution is -0.136. The van der Waals surface area contributed by atoms with Crippen molar-refractivity contribution in [1.29, 1.82) is 0 Å². The van der Waals surface area contributed by atoms with Crippen LogP contribution in [-0.2, 0) is 16.1 Å². The van der Waals surface area contributed by atoms with Crippen LogP contribution in [0.25, 0.3) is 0 Å². The van der Waals surface area contributed by atoms with Crippen LogP contribution in [0.2, 0.25) is 0 Å². The molecule has 2 rings (SSSR count). The summed E-state index contributed by atoms with van der Waals surface area (Å²) >= 11 is 0. The molecular formula is C16H23ClF2N2O2. The quantitative estimate of drug-likeness (QED) is 0.859. The molecule has 1 saturated carbocycles. The highest BCUT2D eigenvalue weighted by Crippen LogP contribution is 2.26. The Kier molecular flexibility index (Phi) is 7.88. The van der Waals surface area contributed by atoms with Gasteiger partial charge in [-0.1, -0.05) is 18.9 Å². The van der Waals surface area contributed by atoms with Gasteiger partial charge in [-0.3, -0.25) is 4.79 Å². The molecule has 1 atom stereocenters. The van der Waals surface area contributed by atoms with Crippen LogP contribution < -0.4 is 5.73 Å². The average molecular weight is 349 g/mol. The third-order valence-corrected chi connectivity index (χ3v) is 4.10. The summed E-state index contributed by atoms with van der Waals surface area (Å²) in [6.07, 6.45) is 3.68. The number of nitrogens with zero attached hydrogens (tertiary/aromatic N) is 1. The number of ether oxygens (including phenoxy) is 1. The molecule has 1 aromatic rings. The molecule has 1 aromatic carbocycles. The van der Waals surface area contributed by atoms with E-state index in [1.54, 1.807) is 0 Å². The van der Waals surface area contributed by atoms with Crippen LogP contribution in [0.3, 0.4) is 0 Å².